The van der Waals surface area contributed by atoms with Crippen LogP contribution in [0.1, 0.15) is 4.88 Å². The second-order valence-corrected chi connectivity index (χ2v) is 7.77. The predicted molar refractivity (Wildman–Crippen MR) is 102 cm³/mol. The number of thiophene rings is 1. The van der Waals surface area contributed by atoms with Crippen molar-refractivity contribution in [3.05, 3.63) is 68.2 Å². The van der Waals surface area contributed by atoms with Crippen molar-refractivity contribution in [2.75, 3.05) is 6.61 Å². The fourth-order valence-electron chi connectivity index (χ4n) is 2.26. The van der Waals surface area contributed by atoms with Crippen LogP contribution in [0.3, 0.4) is 0 Å². The van der Waals surface area contributed by atoms with E-state index in [-0.39, 0.29) is 18.7 Å². The van der Waals surface area contributed by atoms with Crippen molar-refractivity contribution in [1.82, 2.24) is 9.78 Å². The Kier molecular flexibility index (Phi) is 5.67. The summed E-state index contributed by atoms with van der Waals surface area (Å²) in [4.78, 5) is 14.2. The van der Waals surface area contributed by atoms with Crippen LogP contribution in [-0.2, 0) is 6.54 Å². The smallest absolute Gasteiger partial charge is 0.266 e. The van der Waals surface area contributed by atoms with Gasteiger partial charge in [0.15, 0.2) is 0 Å². The van der Waals surface area contributed by atoms with E-state index >= 15 is 0 Å². The fraction of sp³-hybridized carbons (Fsp3) is 0.222. The monoisotopic (exact) mass is 420 g/mol. The predicted octanol–water partition coefficient (Wildman–Crippen LogP) is 3.48. The third kappa shape index (κ3) is 4.78. The Balaban J connectivity index is 1.67. The molecule has 0 radical (unpaired) electrons. The molecular weight excluding hydrogens is 404 g/mol. The quantitative estimate of drug-likeness (QED) is 0.662. The Labute approximate surface area is 157 Å². The van der Waals surface area contributed by atoms with Crippen molar-refractivity contribution >= 4 is 27.3 Å². The molecular formula is C18H17BrN2O3S. The summed E-state index contributed by atoms with van der Waals surface area (Å²) < 4.78 is 7.77. The van der Waals surface area contributed by atoms with Crippen LogP contribution in [0.25, 0.3) is 10.6 Å². The van der Waals surface area contributed by atoms with Crippen LogP contribution in [0, 0.1) is 6.92 Å². The Morgan fingerprint density at radius 1 is 1.20 bits per heavy atom. The number of aromatic nitrogens is 2. The summed E-state index contributed by atoms with van der Waals surface area (Å²) in [5, 5.41) is 14.5. The summed E-state index contributed by atoms with van der Waals surface area (Å²) in [5.41, 5.74) is 0.471. The molecule has 1 aromatic carbocycles. The molecule has 0 saturated carbocycles. The average Bonchev–Trinajstić information content (AvgIpc) is 3.03. The van der Waals surface area contributed by atoms with Crippen molar-refractivity contribution in [3.63, 3.8) is 0 Å². The number of ether oxygens (including phenoxy) is 1. The van der Waals surface area contributed by atoms with Gasteiger partial charge in [-0.15, -0.1) is 11.3 Å². The molecule has 0 aliphatic heterocycles. The molecule has 1 atom stereocenters. The Morgan fingerprint density at radius 3 is 2.64 bits per heavy atom. The Morgan fingerprint density at radius 2 is 1.96 bits per heavy atom. The first-order valence-corrected chi connectivity index (χ1v) is 9.33. The number of rotatable bonds is 6. The van der Waals surface area contributed by atoms with Gasteiger partial charge in [0.2, 0.25) is 0 Å². The van der Waals surface area contributed by atoms with Crippen molar-refractivity contribution in [1.29, 1.82) is 0 Å². The van der Waals surface area contributed by atoms with Crippen molar-refractivity contribution < 1.29 is 9.84 Å². The SMILES string of the molecule is Cc1ccc(-c2ccc(=O)n(CC(O)COc3ccc(Br)cc3)n2)s1. The molecule has 0 saturated heterocycles. The van der Waals surface area contributed by atoms with Crippen LogP contribution in [-0.4, -0.2) is 27.6 Å². The summed E-state index contributed by atoms with van der Waals surface area (Å²) in [6.45, 7) is 2.18. The molecule has 5 nitrogen and oxygen atoms in total. The van der Waals surface area contributed by atoms with Crippen molar-refractivity contribution in [3.8, 4) is 16.3 Å². The van der Waals surface area contributed by atoms with E-state index in [1.807, 2.05) is 31.2 Å². The number of nitrogens with zero attached hydrogens (tertiary/aromatic N) is 2. The molecule has 0 aliphatic carbocycles. The van der Waals surface area contributed by atoms with E-state index in [9.17, 15) is 9.90 Å². The average molecular weight is 421 g/mol. The van der Waals surface area contributed by atoms with E-state index in [4.69, 9.17) is 4.74 Å². The lowest BCUT2D eigenvalue weighted by atomic mass is 10.3. The second-order valence-electron chi connectivity index (χ2n) is 5.57. The maximum atomic E-state index is 12.0. The highest BCUT2D eigenvalue weighted by atomic mass is 79.9. The molecule has 7 heteroatoms. The third-order valence-electron chi connectivity index (χ3n) is 3.50. The first-order chi connectivity index (χ1) is 12.0. The van der Waals surface area contributed by atoms with Gasteiger partial charge in [0.05, 0.1) is 11.4 Å². The van der Waals surface area contributed by atoms with E-state index in [1.54, 1.807) is 29.5 Å². The largest absolute Gasteiger partial charge is 0.491 e. The maximum absolute atomic E-state index is 12.0. The summed E-state index contributed by atoms with van der Waals surface area (Å²) in [6, 6.07) is 14.5. The minimum absolute atomic E-state index is 0.0769. The lowest BCUT2D eigenvalue weighted by molar-refractivity contribution is 0.0880. The van der Waals surface area contributed by atoms with Gasteiger partial charge in [-0.3, -0.25) is 4.79 Å². The number of hydrogen-bond acceptors (Lipinski definition) is 5. The Bertz CT molecular complexity index is 905. The van der Waals surface area contributed by atoms with Gasteiger partial charge in [0.25, 0.3) is 5.56 Å². The van der Waals surface area contributed by atoms with Crippen LogP contribution < -0.4 is 10.3 Å². The minimum Gasteiger partial charge on any atom is -0.491 e. The van der Waals surface area contributed by atoms with E-state index < -0.39 is 6.10 Å². The summed E-state index contributed by atoms with van der Waals surface area (Å²) in [6.07, 6.45) is -0.839. The summed E-state index contributed by atoms with van der Waals surface area (Å²) in [5.74, 6) is 0.658. The highest BCUT2D eigenvalue weighted by Gasteiger charge is 2.11. The zero-order chi connectivity index (χ0) is 17.8. The molecule has 1 N–H and O–H groups in total. The van der Waals surface area contributed by atoms with Gasteiger partial charge in [-0.05, 0) is 49.4 Å². The number of aliphatic hydroxyl groups excluding tert-OH is 1. The first kappa shape index (κ1) is 17.8. The van der Waals surface area contributed by atoms with E-state index in [0.29, 0.717) is 5.75 Å². The maximum Gasteiger partial charge on any atom is 0.266 e. The second kappa shape index (κ2) is 7.95. The number of benzene rings is 1. The molecule has 0 spiro atoms. The molecule has 0 bridgehead atoms. The highest BCUT2D eigenvalue weighted by Crippen LogP contribution is 2.25. The molecule has 25 heavy (non-hydrogen) atoms. The van der Waals surface area contributed by atoms with Crippen LogP contribution in [0.15, 0.2) is 57.8 Å². The molecule has 0 aliphatic rings. The van der Waals surface area contributed by atoms with E-state index in [2.05, 4.69) is 21.0 Å². The normalized spacial score (nSPS) is 12.1. The zero-order valence-electron chi connectivity index (χ0n) is 13.6. The molecule has 0 fully saturated rings. The molecule has 1 unspecified atom stereocenters. The molecule has 2 heterocycles. The van der Waals surface area contributed by atoms with Gasteiger partial charge in [0, 0.05) is 15.4 Å². The van der Waals surface area contributed by atoms with Gasteiger partial charge in [-0.25, -0.2) is 4.68 Å². The number of halogens is 1. The molecule has 3 rings (SSSR count). The lowest BCUT2D eigenvalue weighted by Gasteiger charge is -2.13. The first-order valence-electron chi connectivity index (χ1n) is 7.73. The van der Waals surface area contributed by atoms with Gasteiger partial charge < -0.3 is 9.84 Å². The molecule has 0 amide bonds. The van der Waals surface area contributed by atoms with Gasteiger partial charge in [0.1, 0.15) is 24.2 Å². The summed E-state index contributed by atoms with van der Waals surface area (Å²) >= 11 is 4.97. The zero-order valence-corrected chi connectivity index (χ0v) is 16.0. The molecule has 3 aromatic rings. The molecule has 2 aromatic heterocycles. The van der Waals surface area contributed by atoms with Crippen molar-refractivity contribution in [2.24, 2.45) is 0 Å². The number of aliphatic hydroxyl groups is 1. The summed E-state index contributed by atoms with van der Waals surface area (Å²) in [7, 11) is 0. The standard InChI is InChI=1S/C18H17BrN2O3S/c1-12-2-8-17(25-12)16-7-9-18(23)21(20-16)10-14(22)11-24-15-5-3-13(19)4-6-15/h2-9,14,22H,10-11H2,1H3. The number of hydrogen-bond donors (Lipinski definition) is 1. The number of aryl methyl sites for hydroxylation is 1. The van der Waals surface area contributed by atoms with Gasteiger partial charge in [-0.1, -0.05) is 15.9 Å². The topological polar surface area (TPSA) is 64.4 Å². The van der Waals surface area contributed by atoms with Gasteiger partial charge in [-0.2, -0.15) is 5.10 Å². The van der Waals surface area contributed by atoms with Gasteiger partial charge >= 0.3 is 0 Å². The van der Waals surface area contributed by atoms with E-state index in [0.717, 1.165) is 15.0 Å². The lowest BCUT2D eigenvalue weighted by Crippen LogP contribution is -2.31. The minimum atomic E-state index is -0.839. The van der Waals surface area contributed by atoms with E-state index in [1.165, 1.54) is 15.6 Å². The third-order valence-corrected chi connectivity index (χ3v) is 5.05. The van der Waals surface area contributed by atoms with Crippen LogP contribution >= 0.6 is 27.3 Å². The molecule has 130 valence electrons. The van der Waals surface area contributed by atoms with Crippen LogP contribution in [0.5, 0.6) is 5.75 Å². The van der Waals surface area contributed by atoms with Crippen molar-refractivity contribution in [2.45, 2.75) is 19.6 Å². The van der Waals surface area contributed by atoms with Crippen LogP contribution in [0.2, 0.25) is 0 Å². The Hall–Kier alpha value is -1.96. The highest BCUT2D eigenvalue weighted by molar-refractivity contribution is 9.10. The van der Waals surface area contributed by atoms with Crippen LogP contribution in [0.4, 0.5) is 0 Å². The fourth-order valence-corrected chi connectivity index (χ4v) is 3.36.